The Morgan fingerprint density at radius 3 is 2.83 bits per heavy atom. The fourth-order valence-electron chi connectivity index (χ4n) is 1.86. The molecule has 2 nitrogen and oxygen atoms in total. The molecule has 2 rings (SSSR count). The van der Waals surface area contributed by atoms with Crippen LogP contribution in [-0.2, 0) is 4.74 Å². The van der Waals surface area contributed by atoms with Crippen LogP contribution in [-0.4, -0.2) is 25.8 Å². The first-order valence-corrected chi connectivity index (χ1v) is 5.18. The Morgan fingerprint density at radius 1 is 1.42 bits per heavy atom. The van der Waals surface area contributed by atoms with Gasteiger partial charge >= 0.3 is 0 Å². The average Bonchev–Trinajstić information content (AvgIpc) is 2.80. The van der Waals surface area contributed by atoms with Gasteiger partial charge in [0, 0.05) is 13.2 Å². The largest absolute Gasteiger partial charge is 0.377 e. The highest BCUT2D eigenvalue weighted by Gasteiger charge is 2.28. The number of hydrogen-bond donors (Lipinski definition) is 1. The highest BCUT2D eigenvalue weighted by molar-refractivity contribution is 4.79. The van der Waals surface area contributed by atoms with Crippen molar-refractivity contribution in [1.82, 2.24) is 5.32 Å². The highest BCUT2D eigenvalue weighted by Crippen LogP contribution is 2.36. The lowest BCUT2D eigenvalue weighted by atomic mass is 10.1. The van der Waals surface area contributed by atoms with Crippen molar-refractivity contribution < 1.29 is 4.74 Å². The molecule has 0 aromatic rings. The van der Waals surface area contributed by atoms with Gasteiger partial charge in [0.05, 0.1) is 6.10 Å². The number of rotatable bonds is 4. The van der Waals surface area contributed by atoms with Crippen LogP contribution in [0.25, 0.3) is 0 Å². The first-order valence-electron chi connectivity index (χ1n) is 5.18. The van der Waals surface area contributed by atoms with Crippen molar-refractivity contribution in [3.63, 3.8) is 0 Å². The van der Waals surface area contributed by atoms with Crippen LogP contribution in [0.5, 0.6) is 0 Å². The maximum Gasteiger partial charge on any atom is 0.0711 e. The van der Waals surface area contributed by atoms with Crippen molar-refractivity contribution in [3.8, 4) is 0 Å². The van der Waals surface area contributed by atoms with E-state index in [2.05, 4.69) is 12.2 Å². The van der Waals surface area contributed by atoms with Crippen molar-refractivity contribution in [2.75, 3.05) is 19.7 Å². The molecular formula is C10H19NO. The Balaban J connectivity index is 1.60. The van der Waals surface area contributed by atoms with Crippen LogP contribution in [0.1, 0.15) is 26.2 Å². The Hall–Kier alpha value is -0.0800. The van der Waals surface area contributed by atoms with Crippen LogP contribution in [0.15, 0.2) is 0 Å². The normalized spacial score (nSPS) is 32.2. The predicted octanol–water partition coefficient (Wildman–Crippen LogP) is 1.41. The van der Waals surface area contributed by atoms with E-state index >= 15 is 0 Å². The van der Waals surface area contributed by atoms with Gasteiger partial charge in [0.15, 0.2) is 0 Å². The average molecular weight is 169 g/mol. The summed E-state index contributed by atoms with van der Waals surface area (Å²) in [6, 6.07) is 0. The van der Waals surface area contributed by atoms with E-state index in [1.165, 1.54) is 19.3 Å². The van der Waals surface area contributed by atoms with Gasteiger partial charge in [-0.05, 0) is 37.6 Å². The van der Waals surface area contributed by atoms with E-state index in [1.54, 1.807) is 0 Å². The quantitative estimate of drug-likeness (QED) is 0.687. The fraction of sp³-hybridized carbons (Fsp3) is 1.00. The Labute approximate surface area is 74.7 Å². The minimum atomic E-state index is 0.506. The van der Waals surface area contributed by atoms with Gasteiger partial charge in [0.25, 0.3) is 0 Å². The molecule has 1 N–H and O–H groups in total. The van der Waals surface area contributed by atoms with E-state index in [-0.39, 0.29) is 0 Å². The van der Waals surface area contributed by atoms with Crippen LogP contribution >= 0.6 is 0 Å². The van der Waals surface area contributed by atoms with Crippen molar-refractivity contribution in [2.45, 2.75) is 32.3 Å². The lowest BCUT2D eigenvalue weighted by Gasteiger charge is -2.14. The molecule has 1 saturated carbocycles. The molecule has 0 bridgehead atoms. The maximum atomic E-state index is 5.80. The van der Waals surface area contributed by atoms with E-state index in [0.717, 1.165) is 31.5 Å². The van der Waals surface area contributed by atoms with Gasteiger partial charge < -0.3 is 10.1 Å². The molecule has 2 aliphatic rings. The summed E-state index contributed by atoms with van der Waals surface area (Å²) in [5, 5.41) is 3.32. The van der Waals surface area contributed by atoms with Crippen LogP contribution in [0.3, 0.4) is 0 Å². The third-order valence-corrected chi connectivity index (χ3v) is 3.04. The molecule has 2 fully saturated rings. The van der Waals surface area contributed by atoms with E-state index < -0.39 is 0 Å². The van der Waals surface area contributed by atoms with Gasteiger partial charge in [0.2, 0.25) is 0 Å². The standard InChI is InChI=1S/C10H19NO/c1-8(9-2-3-9)7-12-10-4-5-11-6-10/h8-11H,2-7H2,1H3. The summed E-state index contributed by atoms with van der Waals surface area (Å²) < 4.78 is 5.80. The van der Waals surface area contributed by atoms with Crippen molar-refractivity contribution in [1.29, 1.82) is 0 Å². The molecule has 2 heteroatoms. The SMILES string of the molecule is CC(COC1CCNC1)C1CC1. The molecule has 0 aromatic heterocycles. The Morgan fingerprint density at radius 2 is 2.25 bits per heavy atom. The molecular weight excluding hydrogens is 150 g/mol. The topological polar surface area (TPSA) is 21.3 Å². The van der Waals surface area contributed by atoms with Crippen molar-refractivity contribution in [2.24, 2.45) is 11.8 Å². The summed E-state index contributed by atoms with van der Waals surface area (Å²) in [5.74, 6) is 1.78. The molecule has 0 amide bonds. The minimum Gasteiger partial charge on any atom is -0.377 e. The van der Waals surface area contributed by atoms with Gasteiger partial charge in [-0.2, -0.15) is 0 Å². The number of hydrogen-bond acceptors (Lipinski definition) is 2. The van der Waals surface area contributed by atoms with Crippen molar-refractivity contribution >= 4 is 0 Å². The minimum absolute atomic E-state index is 0.506. The lowest BCUT2D eigenvalue weighted by molar-refractivity contribution is 0.0402. The van der Waals surface area contributed by atoms with Gasteiger partial charge in [-0.25, -0.2) is 0 Å². The van der Waals surface area contributed by atoms with Gasteiger partial charge in [-0.3, -0.25) is 0 Å². The molecule has 70 valence electrons. The summed E-state index contributed by atoms with van der Waals surface area (Å²) >= 11 is 0. The summed E-state index contributed by atoms with van der Waals surface area (Å²) in [6.07, 6.45) is 4.59. The van der Waals surface area contributed by atoms with E-state index in [4.69, 9.17) is 4.74 Å². The number of nitrogens with one attached hydrogen (secondary N) is 1. The van der Waals surface area contributed by atoms with Crippen molar-refractivity contribution in [3.05, 3.63) is 0 Å². The molecule has 12 heavy (non-hydrogen) atoms. The van der Waals surface area contributed by atoms with Gasteiger partial charge in [-0.1, -0.05) is 6.92 Å². The third kappa shape index (κ3) is 2.20. The van der Waals surface area contributed by atoms with Crippen LogP contribution in [0.4, 0.5) is 0 Å². The second-order valence-corrected chi connectivity index (χ2v) is 4.26. The molecule has 1 heterocycles. The zero-order valence-corrected chi connectivity index (χ0v) is 7.88. The molecule has 2 atom stereocenters. The molecule has 2 unspecified atom stereocenters. The van der Waals surface area contributed by atoms with E-state index in [0.29, 0.717) is 6.10 Å². The first-order chi connectivity index (χ1) is 5.86. The predicted molar refractivity (Wildman–Crippen MR) is 49.1 cm³/mol. The summed E-state index contributed by atoms with van der Waals surface area (Å²) in [7, 11) is 0. The second-order valence-electron chi connectivity index (χ2n) is 4.26. The number of ether oxygens (including phenoxy) is 1. The third-order valence-electron chi connectivity index (χ3n) is 3.04. The first kappa shape index (κ1) is 8.52. The van der Waals surface area contributed by atoms with Gasteiger partial charge in [0.1, 0.15) is 0 Å². The smallest absolute Gasteiger partial charge is 0.0711 e. The van der Waals surface area contributed by atoms with Crippen LogP contribution in [0.2, 0.25) is 0 Å². The lowest BCUT2D eigenvalue weighted by Crippen LogP contribution is -2.20. The Bertz CT molecular complexity index is 137. The van der Waals surface area contributed by atoms with Crippen LogP contribution in [0, 0.1) is 11.8 Å². The summed E-state index contributed by atoms with van der Waals surface area (Å²) in [4.78, 5) is 0. The van der Waals surface area contributed by atoms with E-state index in [1.807, 2.05) is 0 Å². The summed E-state index contributed by atoms with van der Waals surface area (Å²) in [6.45, 7) is 5.51. The molecule has 0 spiro atoms. The zero-order valence-electron chi connectivity index (χ0n) is 7.88. The fourth-order valence-corrected chi connectivity index (χ4v) is 1.86. The zero-order chi connectivity index (χ0) is 8.39. The Kier molecular flexibility index (Phi) is 2.66. The van der Waals surface area contributed by atoms with Crippen LogP contribution < -0.4 is 5.32 Å². The maximum absolute atomic E-state index is 5.80. The molecule has 0 radical (unpaired) electrons. The van der Waals surface area contributed by atoms with Gasteiger partial charge in [-0.15, -0.1) is 0 Å². The second kappa shape index (κ2) is 3.75. The van der Waals surface area contributed by atoms with E-state index in [9.17, 15) is 0 Å². The molecule has 1 aliphatic heterocycles. The highest BCUT2D eigenvalue weighted by atomic mass is 16.5. The molecule has 1 saturated heterocycles. The monoisotopic (exact) mass is 169 g/mol. The molecule has 1 aliphatic carbocycles. The summed E-state index contributed by atoms with van der Waals surface area (Å²) in [5.41, 5.74) is 0. The molecule has 0 aromatic carbocycles.